The summed E-state index contributed by atoms with van der Waals surface area (Å²) < 4.78 is 0. The predicted octanol–water partition coefficient (Wildman–Crippen LogP) is 0.236. The lowest BCUT2D eigenvalue weighted by molar-refractivity contribution is -0.123. The summed E-state index contributed by atoms with van der Waals surface area (Å²) in [6.45, 7) is 4.70. The van der Waals surface area contributed by atoms with E-state index in [1.807, 2.05) is 0 Å². The molecule has 1 amide bonds. The Hall–Kier alpha value is -0.900. The van der Waals surface area contributed by atoms with Crippen molar-refractivity contribution in [3.8, 4) is 0 Å². The molecule has 0 spiro atoms. The maximum atomic E-state index is 11.5. The van der Waals surface area contributed by atoms with Crippen LogP contribution in [0.25, 0.3) is 0 Å². The highest BCUT2D eigenvalue weighted by Gasteiger charge is 2.39. The number of hydrogen-bond donors (Lipinski definition) is 2. The molecule has 0 aromatic rings. The van der Waals surface area contributed by atoms with E-state index < -0.39 is 0 Å². The van der Waals surface area contributed by atoms with E-state index in [1.54, 1.807) is 0 Å². The topological polar surface area (TPSA) is 56.2 Å². The Morgan fingerprint density at radius 3 is 3.00 bits per heavy atom. The standard InChI is InChI=1S/C10H17N3O/c1-10(6-11)3-5-13(7-10)8-2-4-12-9(8)14/h6,8,11H,2-5,7H2,1H3,(H,12,14). The average molecular weight is 195 g/mol. The van der Waals surface area contributed by atoms with E-state index in [9.17, 15) is 4.79 Å². The van der Waals surface area contributed by atoms with Crippen LogP contribution in [0.5, 0.6) is 0 Å². The molecule has 2 unspecified atom stereocenters. The molecule has 0 radical (unpaired) electrons. The van der Waals surface area contributed by atoms with E-state index in [0.717, 1.165) is 32.5 Å². The van der Waals surface area contributed by atoms with Gasteiger partial charge in [-0.15, -0.1) is 0 Å². The van der Waals surface area contributed by atoms with Crippen LogP contribution >= 0.6 is 0 Å². The van der Waals surface area contributed by atoms with E-state index in [2.05, 4.69) is 17.1 Å². The van der Waals surface area contributed by atoms with E-state index in [0.29, 0.717) is 0 Å². The fourth-order valence-electron chi connectivity index (χ4n) is 2.33. The smallest absolute Gasteiger partial charge is 0.237 e. The Balaban J connectivity index is 2.01. The van der Waals surface area contributed by atoms with Gasteiger partial charge in [0.2, 0.25) is 5.91 Å². The van der Waals surface area contributed by atoms with Crippen LogP contribution < -0.4 is 5.32 Å². The summed E-state index contributed by atoms with van der Waals surface area (Å²) in [6, 6.07) is 0.0665. The summed E-state index contributed by atoms with van der Waals surface area (Å²) in [5.74, 6) is 0.166. The molecule has 2 aliphatic heterocycles. The molecule has 0 bridgehead atoms. The van der Waals surface area contributed by atoms with Crippen LogP contribution in [0.1, 0.15) is 19.8 Å². The Bertz CT molecular complexity index is 266. The number of carbonyl (C=O) groups excluding carboxylic acids is 1. The van der Waals surface area contributed by atoms with Crippen molar-refractivity contribution in [1.29, 1.82) is 5.41 Å². The highest BCUT2D eigenvalue weighted by molar-refractivity contribution is 5.83. The first-order chi connectivity index (χ1) is 6.64. The van der Waals surface area contributed by atoms with Gasteiger partial charge in [-0.25, -0.2) is 0 Å². The lowest BCUT2D eigenvalue weighted by Crippen LogP contribution is -2.40. The zero-order chi connectivity index (χ0) is 10.2. The quantitative estimate of drug-likeness (QED) is 0.620. The minimum Gasteiger partial charge on any atom is -0.355 e. The maximum Gasteiger partial charge on any atom is 0.237 e. The van der Waals surface area contributed by atoms with Gasteiger partial charge in [0.15, 0.2) is 0 Å². The average Bonchev–Trinajstić information content (AvgIpc) is 2.73. The molecule has 0 saturated carbocycles. The zero-order valence-corrected chi connectivity index (χ0v) is 8.55. The molecule has 0 aromatic heterocycles. The van der Waals surface area contributed by atoms with Gasteiger partial charge in [-0.05, 0) is 19.4 Å². The summed E-state index contributed by atoms with van der Waals surface area (Å²) in [4.78, 5) is 13.7. The lowest BCUT2D eigenvalue weighted by Gasteiger charge is -2.23. The summed E-state index contributed by atoms with van der Waals surface area (Å²) in [5, 5.41) is 10.2. The van der Waals surface area contributed by atoms with Gasteiger partial charge in [-0.3, -0.25) is 9.69 Å². The minimum atomic E-state index is -0.0110. The van der Waals surface area contributed by atoms with Crippen LogP contribution in [0, 0.1) is 10.8 Å². The molecule has 0 aromatic carbocycles. The third kappa shape index (κ3) is 1.54. The van der Waals surface area contributed by atoms with Crippen molar-refractivity contribution in [1.82, 2.24) is 10.2 Å². The van der Waals surface area contributed by atoms with Gasteiger partial charge >= 0.3 is 0 Å². The molecule has 4 heteroatoms. The normalized spacial score (nSPS) is 38.6. The van der Waals surface area contributed by atoms with Gasteiger partial charge in [0.1, 0.15) is 0 Å². The second-order valence-corrected chi connectivity index (χ2v) is 4.61. The van der Waals surface area contributed by atoms with Gasteiger partial charge in [0.25, 0.3) is 0 Å². The second-order valence-electron chi connectivity index (χ2n) is 4.61. The highest BCUT2D eigenvalue weighted by atomic mass is 16.2. The first-order valence-electron chi connectivity index (χ1n) is 5.18. The van der Waals surface area contributed by atoms with Crippen molar-refractivity contribution in [2.24, 2.45) is 5.41 Å². The molecule has 2 N–H and O–H groups in total. The van der Waals surface area contributed by atoms with Crippen molar-refractivity contribution in [2.45, 2.75) is 25.8 Å². The van der Waals surface area contributed by atoms with Crippen molar-refractivity contribution in [2.75, 3.05) is 19.6 Å². The van der Waals surface area contributed by atoms with Gasteiger partial charge in [0.05, 0.1) is 6.04 Å². The number of amides is 1. The molecule has 2 saturated heterocycles. The summed E-state index contributed by atoms with van der Waals surface area (Å²) in [6.07, 6.45) is 3.45. The molecule has 2 fully saturated rings. The van der Waals surface area contributed by atoms with Crippen LogP contribution in [0.4, 0.5) is 0 Å². The largest absolute Gasteiger partial charge is 0.355 e. The molecule has 2 atom stereocenters. The predicted molar refractivity (Wildman–Crippen MR) is 54.5 cm³/mol. The van der Waals surface area contributed by atoms with Gasteiger partial charge in [-0.1, -0.05) is 6.92 Å². The number of nitrogens with one attached hydrogen (secondary N) is 2. The van der Waals surface area contributed by atoms with Crippen LogP contribution in [-0.4, -0.2) is 42.7 Å². The molecule has 2 rings (SSSR count). The molecular weight excluding hydrogens is 178 g/mol. The fourth-order valence-corrected chi connectivity index (χ4v) is 2.33. The van der Waals surface area contributed by atoms with E-state index >= 15 is 0 Å². The fraction of sp³-hybridized carbons (Fsp3) is 0.800. The van der Waals surface area contributed by atoms with Crippen molar-refractivity contribution >= 4 is 12.1 Å². The number of hydrogen-bond acceptors (Lipinski definition) is 3. The van der Waals surface area contributed by atoms with Gasteiger partial charge in [0, 0.05) is 24.7 Å². The van der Waals surface area contributed by atoms with Crippen LogP contribution in [0.3, 0.4) is 0 Å². The second kappa shape index (κ2) is 3.35. The minimum absolute atomic E-state index is 0.0110. The number of likely N-dealkylation sites (tertiary alicyclic amines) is 1. The summed E-state index contributed by atoms with van der Waals surface area (Å²) >= 11 is 0. The molecule has 0 aliphatic carbocycles. The van der Waals surface area contributed by atoms with E-state index in [-0.39, 0.29) is 17.4 Å². The Kier molecular flexibility index (Phi) is 2.31. The number of carbonyl (C=O) groups is 1. The first-order valence-corrected chi connectivity index (χ1v) is 5.18. The zero-order valence-electron chi connectivity index (χ0n) is 8.55. The highest BCUT2D eigenvalue weighted by Crippen LogP contribution is 2.30. The third-order valence-electron chi connectivity index (χ3n) is 3.34. The lowest BCUT2D eigenvalue weighted by atomic mass is 9.92. The van der Waals surface area contributed by atoms with E-state index in [1.165, 1.54) is 6.21 Å². The Morgan fingerprint density at radius 1 is 1.71 bits per heavy atom. The molecule has 4 nitrogen and oxygen atoms in total. The summed E-state index contributed by atoms with van der Waals surface area (Å²) in [7, 11) is 0. The Morgan fingerprint density at radius 2 is 2.50 bits per heavy atom. The monoisotopic (exact) mass is 195 g/mol. The molecule has 78 valence electrons. The van der Waals surface area contributed by atoms with E-state index in [4.69, 9.17) is 5.41 Å². The Labute approximate surface area is 84.2 Å². The molecular formula is C10H17N3O. The number of nitrogens with zero attached hydrogens (tertiary/aromatic N) is 1. The van der Waals surface area contributed by atoms with Gasteiger partial charge in [-0.2, -0.15) is 0 Å². The van der Waals surface area contributed by atoms with Crippen molar-refractivity contribution < 1.29 is 4.79 Å². The first kappa shape index (κ1) is 9.65. The van der Waals surface area contributed by atoms with Crippen LogP contribution in [0.15, 0.2) is 0 Å². The SMILES string of the molecule is CC1(C=N)CCN(C2CCNC2=O)C1. The molecule has 2 heterocycles. The molecule has 2 aliphatic rings. The summed E-state index contributed by atoms with van der Waals surface area (Å²) in [5.41, 5.74) is -0.0110. The van der Waals surface area contributed by atoms with Crippen molar-refractivity contribution in [3.05, 3.63) is 0 Å². The van der Waals surface area contributed by atoms with Crippen LogP contribution in [-0.2, 0) is 4.79 Å². The number of rotatable bonds is 2. The van der Waals surface area contributed by atoms with Crippen molar-refractivity contribution in [3.63, 3.8) is 0 Å². The van der Waals surface area contributed by atoms with Gasteiger partial charge < -0.3 is 10.7 Å². The van der Waals surface area contributed by atoms with Crippen LogP contribution in [0.2, 0.25) is 0 Å². The maximum absolute atomic E-state index is 11.5. The third-order valence-corrected chi connectivity index (χ3v) is 3.34. The molecule has 14 heavy (non-hydrogen) atoms.